The van der Waals surface area contributed by atoms with E-state index >= 15 is 0 Å². The average molecular weight is 398 g/mol. The fourth-order valence-corrected chi connectivity index (χ4v) is 5.22. The SMILES string of the molecule is CCN1CCN(C(=O)c2cn(C(C)C3CCCCC3)c3c(OC)cccc23)CC1. The summed E-state index contributed by atoms with van der Waals surface area (Å²) < 4.78 is 8.05. The van der Waals surface area contributed by atoms with E-state index in [4.69, 9.17) is 4.74 Å². The molecule has 2 aromatic rings. The number of fused-ring (bicyclic) bond motifs is 1. The number of benzene rings is 1. The molecule has 2 aliphatic rings. The van der Waals surface area contributed by atoms with Crippen LogP contribution in [0.1, 0.15) is 62.4 Å². The molecule has 1 aliphatic carbocycles. The first-order valence-corrected chi connectivity index (χ1v) is 11.3. The van der Waals surface area contributed by atoms with Crippen LogP contribution in [0.3, 0.4) is 0 Å². The first-order chi connectivity index (χ1) is 14.1. The van der Waals surface area contributed by atoms with Crippen LogP contribution in [0, 0.1) is 5.92 Å². The number of hydrogen-bond acceptors (Lipinski definition) is 3. The van der Waals surface area contributed by atoms with Gasteiger partial charge in [0.05, 0.1) is 18.2 Å². The number of piperazine rings is 1. The molecule has 1 saturated heterocycles. The molecule has 1 aliphatic heterocycles. The quantitative estimate of drug-likeness (QED) is 0.742. The zero-order valence-electron chi connectivity index (χ0n) is 18.2. The molecular formula is C24H35N3O2. The van der Waals surface area contributed by atoms with Crippen LogP contribution >= 0.6 is 0 Å². The Morgan fingerprint density at radius 3 is 2.52 bits per heavy atom. The normalized spacial score (nSPS) is 20.2. The summed E-state index contributed by atoms with van der Waals surface area (Å²) >= 11 is 0. The molecule has 0 N–H and O–H groups in total. The second-order valence-electron chi connectivity index (χ2n) is 8.67. The molecule has 2 heterocycles. The lowest BCUT2D eigenvalue weighted by Gasteiger charge is -2.34. The van der Waals surface area contributed by atoms with Crippen molar-refractivity contribution in [2.75, 3.05) is 39.8 Å². The van der Waals surface area contributed by atoms with Crippen LogP contribution in [-0.2, 0) is 0 Å². The highest BCUT2D eigenvalue weighted by Gasteiger charge is 2.28. The van der Waals surface area contributed by atoms with Gasteiger partial charge in [0, 0.05) is 43.8 Å². The van der Waals surface area contributed by atoms with Gasteiger partial charge in [-0.25, -0.2) is 0 Å². The first-order valence-electron chi connectivity index (χ1n) is 11.3. The summed E-state index contributed by atoms with van der Waals surface area (Å²) in [7, 11) is 1.73. The predicted octanol–water partition coefficient (Wildman–Crippen LogP) is 4.57. The van der Waals surface area contributed by atoms with Gasteiger partial charge >= 0.3 is 0 Å². The van der Waals surface area contributed by atoms with Crippen molar-refractivity contribution in [3.05, 3.63) is 30.0 Å². The fourth-order valence-electron chi connectivity index (χ4n) is 5.22. The molecule has 5 nitrogen and oxygen atoms in total. The van der Waals surface area contributed by atoms with Gasteiger partial charge in [0.1, 0.15) is 5.75 Å². The Bertz CT molecular complexity index is 845. The Hall–Kier alpha value is -2.01. The van der Waals surface area contributed by atoms with E-state index in [0.717, 1.165) is 54.9 Å². The van der Waals surface area contributed by atoms with Crippen LogP contribution in [-0.4, -0.2) is 60.1 Å². The molecule has 5 heteroatoms. The zero-order valence-corrected chi connectivity index (χ0v) is 18.2. The van der Waals surface area contributed by atoms with E-state index in [1.54, 1.807) is 7.11 Å². The molecule has 1 atom stereocenters. The molecule has 158 valence electrons. The Morgan fingerprint density at radius 1 is 1.14 bits per heavy atom. The highest BCUT2D eigenvalue weighted by molar-refractivity contribution is 6.08. The zero-order chi connectivity index (χ0) is 20.4. The van der Waals surface area contributed by atoms with E-state index in [2.05, 4.69) is 35.6 Å². The third-order valence-corrected chi connectivity index (χ3v) is 7.14. The summed E-state index contributed by atoms with van der Waals surface area (Å²) in [6, 6.07) is 6.47. The summed E-state index contributed by atoms with van der Waals surface area (Å²) in [6.07, 6.45) is 8.65. The van der Waals surface area contributed by atoms with Gasteiger partial charge in [-0.3, -0.25) is 4.79 Å². The van der Waals surface area contributed by atoms with Gasteiger partial charge in [-0.2, -0.15) is 0 Å². The number of para-hydroxylation sites is 1. The van der Waals surface area contributed by atoms with Crippen molar-refractivity contribution in [2.45, 2.75) is 52.0 Å². The van der Waals surface area contributed by atoms with Gasteiger partial charge in [-0.05, 0) is 38.3 Å². The van der Waals surface area contributed by atoms with Crippen LogP contribution in [0.15, 0.2) is 24.4 Å². The van der Waals surface area contributed by atoms with E-state index in [1.165, 1.54) is 32.1 Å². The van der Waals surface area contributed by atoms with Crippen molar-refractivity contribution in [1.29, 1.82) is 0 Å². The average Bonchev–Trinajstić information content (AvgIpc) is 3.18. The number of rotatable bonds is 5. The molecule has 4 rings (SSSR count). The van der Waals surface area contributed by atoms with Gasteiger partial charge in [0.2, 0.25) is 0 Å². The van der Waals surface area contributed by atoms with Crippen LogP contribution in [0.4, 0.5) is 0 Å². The molecule has 29 heavy (non-hydrogen) atoms. The largest absolute Gasteiger partial charge is 0.495 e. The van der Waals surface area contributed by atoms with Crippen molar-refractivity contribution in [1.82, 2.24) is 14.4 Å². The van der Waals surface area contributed by atoms with Crippen molar-refractivity contribution in [2.24, 2.45) is 5.92 Å². The number of methoxy groups -OCH3 is 1. The van der Waals surface area contributed by atoms with E-state index in [9.17, 15) is 4.79 Å². The first kappa shape index (κ1) is 20.3. The maximum atomic E-state index is 13.5. The number of ether oxygens (including phenoxy) is 1. The van der Waals surface area contributed by atoms with Crippen molar-refractivity contribution >= 4 is 16.8 Å². The summed E-state index contributed by atoms with van der Waals surface area (Å²) in [5.41, 5.74) is 1.90. The lowest BCUT2D eigenvalue weighted by molar-refractivity contribution is 0.0645. The number of likely N-dealkylation sites (N-methyl/N-ethyl adjacent to an activating group) is 1. The van der Waals surface area contributed by atoms with Crippen LogP contribution in [0.2, 0.25) is 0 Å². The van der Waals surface area contributed by atoms with E-state index in [-0.39, 0.29) is 5.91 Å². The molecule has 1 aromatic carbocycles. The summed E-state index contributed by atoms with van der Waals surface area (Å²) in [5, 5.41) is 1.02. The van der Waals surface area contributed by atoms with E-state index < -0.39 is 0 Å². The van der Waals surface area contributed by atoms with Gasteiger partial charge in [0.25, 0.3) is 5.91 Å². The van der Waals surface area contributed by atoms with Crippen LogP contribution < -0.4 is 4.74 Å². The Kier molecular flexibility index (Phi) is 6.14. The molecule has 2 fully saturated rings. The Balaban J connectivity index is 1.70. The van der Waals surface area contributed by atoms with E-state index in [0.29, 0.717) is 12.0 Å². The molecule has 1 aromatic heterocycles. The second kappa shape index (κ2) is 8.78. The molecule has 1 saturated carbocycles. The standard InChI is InChI=1S/C24H35N3O2/c1-4-25-13-15-26(16-14-25)24(28)21-17-27(18(2)19-9-6-5-7-10-19)23-20(21)11-8-12-22(23)29-3/h8,11-12,17-19H,4-7,9-10,13-16H2,1-3H3. The lowest BCUT2D eigenvalue weighted by Crippen LogP contribution is -2.48. The highest BCUT2D eigenvalue weighted by atomic mass is 16.5. The van der Waals surface area contributed by atoms with Crippen molar-refractivity contribution in [3.8, 4) is 5.75 Å². The van der Waals surface area contributed by atoms with Crippen molar-refractivity contribution < 1.29 is 9.53 Å². The summed E-state index contributed by atoms with van der Waals surface area (Å²) in [4.78, 5) is 17.9. The lowest BCUT2D eigenvalue weighted by atomic mass is 9.84. The number of hydrogen-bond donors (Lipinski definition) is 0. The number of carbonyl (C=O) groups is 1. The molecule has 0 spiro atoms. The second-order valence-corrected chi connectivity index (χ2v) is 8.67. The molecule has 0 radical (unpaired) electrons. The number of carbonyl (C=O) groups excluding carboxylic acids is 1. The molecule has 0 bridgehead atoms. The molecule has 1 amide bonds. The van der Waals surface area contributed by atoms with Crippen molar-refractivity contribution in [3.63, 3.8) is 0 Å². The maximum absolute atomic E-state index is 13.5. The topological polar surface area (TPSA) is 37.7 Å². The Morgan fingerprint density at radius 2 is 1.86 bits per heavy atom. The number of amides is 1. The maximum Gasteiger partial charge on any atom is 0.256 e. The van der Waals surface area contributed by atoms with Gasteiger partial charge < -0.3 is 19.1 Å². The summed E-state index contributed by atoms with van der Waals surface area (Å²) in [6.45, 7) is 9.09. The molecular weight excluding hydrogens is 362 g/mol. The van der Waals surface area contributed by atoms with E-state index in [1.807, 2.05) is 17.0 Å². The monoisotopic (exact) mass is 397 g/mol. The third-order valence-electron chi connectivity index (χ3n) is 7.14. The minimum absolute atomic E-state index is 0.161. The van der Waals surface area contributed by atoms with Gasteiger partial charge in [0.15, 0.2) is 0 Å². The fraction of sp³-hybridized carbons (Fsp3) is 0.625. The predicted molar refractivity (Wildman–Crippen MR) is 118 cm³/mol. The highest BCUT2D eigenvalue weighted by Crippen LogP contribution is 2.38. The minimum Gasteiger partial charge on any atom is -0.495 e. The van der Waals surface area contributed by atoms with Gasteiger partial charge in [-0.15, -0.1) is 0 Å². The van der Waals surface area contributed by atoms with Crippen LogP contribution in [0.5, 0.6) is 5.75 Å². The smallest absolute Gasteiger partial charge is 0.256 e. The Labute approximate surface area is 174 Å². The number of aromatic nitrogens is 1. The minimum atomic E-state index is 0.161. The molecule has 1 unspecified atom stereocenters. The summed E-state index contributed by atoms with van der Waals surface area (Å²) in [5.74, 6) is 1.69. The van der Waals surface area contributed by atoms with Crippen LogP contribution in [0.25, 0.3) is 10.9 Å². The number of nitrogens with zero attached hydrogens (tertiary/aromatic N) is 3. The third kappa shape index (κ3) is 3.89. The van der Waals surface area contributed by atoms with Gasteiger partial charge in [-0.1, -0.05) is 38.3 Å².